The molecule has 1 unspecified atom stereocenters. The highest BCUT2D eigenvalue weighted by molar-refractivity contribution is 5.79. The number of piperidine rings is 2. The number of pyridine rings is 1. The van der Waals surface area contributed by atoms with E-state index in [4.69, 9.17) is 9.15 Å². The number of likely N-dealkylation sites (tertiary alicyclic amines) is 1. The second kappa shape index (κ2) is 8.47. The van der Waals surface area contributed by atoms with E-state index in [1.807, 2.05) is 19.1 Å². The van der Waals surface area contributed by atoms with Crippen molar-refractivity contribution in [3.8, 4) is 0 Å². The predicted molar refractivity (Wildman–Crippen MR) is 107 cm³/mol. The van der Waals surface area contributed by atoms with Gasteiger partial charge in [0.25, 0.3) is 6.01 Å². The van der Waals surface area contributed by atoms with Crippen LogP contribution in [-0.4, -0.2) is 60.2 Å². The van der Waals surface area contributed by atoms with Crippen molar-refractivity contribution in [2.75, 3.05) is 38.3 Å². The van der Waals surface area contributed by atoms with Crippen LogP contribution in [0.1, 0.15) is 44.2 Å². The van der Waals surface area contributed by atoms with Crippen molar-refractivity contribution in [3.63, 3.8) is 0 Å². The minimum atomic E-state index is 0.101. The summed E-state index contributed by atoms with van der Waals surface area (Å²) in [7, 11) is 1.73. The van der Waals surface area contributed by atoms with Gasteiger partial charge < -0.3 is 19.0 Å². The Labute approximate surface area is 166 Å². The van der Waals surface area contributed by atoms with Crippen LogP contribution in [0.25, 0.3) is 11.2 Å². The fourth-order valence-corrected chi connectivity index (χ4v) is 4.43. The molecular formula is C21H30N4O3. The number of amides is 1. The molecule has 2 aliphatic rings. The molecule has 28 heavy (non-hydrogen) atoms. The Kier molecular flexibility index (Phi) is 5.80. The monoisotopic (exact) mass is 386 g/mol. The van der Waals surface area contributed by atoms with Gasteiger partial charge >= 0.3 is 0 Å². The molecule has 152 valence electrons. The zero-order valence-corrected chi connectivity index (χ0v) is 16.9. The van der Waals surface area contributed by atoms with Gasteiger partial charge in [-0.2, -0.15) is 4.98 Å². The quantitative estimate of drug-likeness (QED) is 0.786. The molecule has 7 heteroatoms. The highest BCUT2D eigenvalue weighted by Crippen LogP contribution is 2.29. The number of aromatic nitrogens is 2. The largest absolute Gasteiger partial charge is 0.422 e. The van der Waals surface area contributed by atoms with Gasteiger partial charge in [-0.25, -0.2) is 4.98 Å². The van der Waals surface area contributed by atoms with Crippen LogP contribution in [0, 0.1) is 12.8 Å². The zero-order chi connectivity index (χ0) is 19.5. The van der Waals surface area contributed by atoms with E-state index in [2.05, 4.69) is 19.8 Å². The maximum Gasteiger partial charge on any atom is 0.299 e. The highest BCUT2D eigenvalue weighted by atomic mass is 16.5. The van der Waals surface area contributed by atoms with E-state index in [0.717, 1.165) is 64.0 Å². The van der Waals surface area contributed by atoms with Crippen LogP contribution in [0.4, 0.5) is 6.01 Å². The number of carbonyl (C=O) groups excluding carboxylic acids is 1. The molecule has 2 aromatic heterocycles. The second-order valence-corrected chi connectivity index (χ2v) is 7.99. The third-order valence-electron chi connectivity index (χ3n) is 6.06. The average molecular weight is 386 g/mol. The summed E-state index contributed by atoms with van der Waals surface area (Å²) in [6.45, 7) is 5.14. The normalized spacial score (nSPS) is 21.4. The van der Waals surface area contributed by atoms with Crippen LogP contribution in [-0.2, 0) is 9.53 Å². The second-order valence-electron chi connectivity index (χ2n) is 7.99. The van der Waals surface area contributed by atoms with Crippen LogP contribution < -0.4 is 4.90 Å². The number of anilines is 1. The van der Waals surface area contributed by atoms with Crippen LogP contribution in [0.2, 0.25) is 0 Å². The molecule has 4 heterocycles. The van der Waals surface area contributed by atoms with Gasteiger partial charge in [0, 0.05) is 51.0 Å². The van der Waals surface area contributed by atoms with Gasteiger partial charge in [-0.15, -0.1) is 0 Å². The zero-order valence-electron chi connectivity index (χ0n) is 16.9. The average Bonchev–Trinajstić information content (AvgIpc) is 3.15. The lowest BCUT2D eigenvalue weighted by atomic mass is 9.92. The van der Waals surface area contributed by atoms with Gasteiger partial charge in [-0.1, -0.05) is 0 Å². The summed E-state index contributed by atoms with van der Waals surface area (Å²) in [6, 6.07) is 4.81. The Balaban J connectivity index is 1.37. The number of carbonyl (C=O) groups is 1. The van der Waals surface area contributed by atoms with Gasteiger partial charge in [0.2, 0.25) is 11.6 Å². The Hall–Kier alpha value is -2.15. The molecule has 2 saturated heterocycles. The van der Waals surface area contributed by atoms with Crippen LogP contribution in [0.3, 0.4) is 0 Å². The van der Waals surface area contributed by atoms with Gasteiger partial charge in [-0.3, -0.25) is 4.79 Å². The van der Waals surface area contributed by atoms with Crippen molar-refractivity contribution in [2.24, 2.45) is 5.92 Å². The molecule has 0 aromatic carbocycles. The Morgan fingerprint density at radius 2 is 2.00 bits per heavy atom. The van der Waals surface area contributed by atoms with E-state index in [1.54, 1.807) is 7.11 Å². The van der Waals surface area contributed by atoms with Crippen molar-refractivity contribution < 1.29 is 13.9 Å². The van der Waals surface area contributed by atoms with Crippen LogP contribution in [0.5, 0.6) is 0 Å². The number of rotatable bonds is 5. The van der Waals surface area contributed by atoms with Gasteiger partial charge in [0.05, 0.1) is 0 Å². The van der Waals surface area contributed by atoms with E-state index < -0.39 is 0 Å². The first-order chi connectivity index (χ1) is 13.7. The Bertz CT molecular complexity index is 813. The first-order valence-corrected chi connectivity index (χ1v) is 10.4. The van der Waals surface area contributed by atoms with Crippen LogP contribution >= 0.6 is 0 Å². The van der Waals surface area contributed by atoms with Crippen molar-refractivity contribution in [1.82, 2.24) is 14.9 Å². The van der Waals surface area contributed by atoms with Crippen molar-refractivity contribution in [3.05, 3.63) is 17.8 Å². The Morgan fingerprint density at radius 1 is 1.18 bits per heavy atom. The molecule has 1 atom stereocenters. The number of fused-ring (bicyclic) bond motifs is 1. The molecule has 2 aliphatic heterocycles. The molecular weight excluding hydrogens is 356 g/mol. The lowest BCUT2D eigenvalue weighted by Crippen LogP contribution is -2.49. The third kappa shape index (κ3) is 3.99. The number of oxazole rings is 1. The van der Waals surface area contributed by atoms with Gasteiger partial charge in [-0.05, 0) is 57.6 Å². The molecule has 2 aromatic rings. The summed E-state index contributed by atoms with van der Waals surface area (Å²) < 4.78 is 11.1. The topological polar surface area (TPSA) is 71.7 Å². The number of hydrogen-bond acceptors (Lipinski definition) is 6. The number of methoxy groups -OCH3 is 1. The molecule has 0 aliphatic carbocycles. The summed E-state index contributed by atoms with van der Waals surface area (Å²) >= 11 is 0. The minimum absolute atomic E-state index is 0.101. The molecule has 4 rings (SSSR count). The fraction of sp³-hybridized carbons (Fsp3) is 0.667. The molecule has 0 saturated carbocycles. The number of aryl methyl sites for hydroxylation is 1. The number of ether oxygens (including phenoxy) is 1. The maximum absolute atomic E-state index is 13.2. The standard InChI is InChI=1S/C21H30N4O3/c1-15-6-7-18-19(22-15)23-21(28-18)24-12-8-16(9-13-24)20(26)25-11-4-3-5-17(25)10-14-27-2/h6-7,16-17H,3-5,8-14H2,1-2H3. The van der Waals surface area contributed by atoms with E-state index >= 15 is 0 Å². The van der Waals surface area contributed by atoms with Crippen LogP contribution in [0.15, 0.2) is 16.5 Å². The third-order valence-corrected chi connectivity index (χ3v) is 6.06. The highest BCUT2D eigenvalue weighted by Gasteiger charge is 2.34. The van der Waals surface area contributed by atoms with Crippen molar-refractivity contribution >= 4 is 23.2 Å². The van der Waals surface area contributed by atoms with E-state index in [1.165, 1.54) is 6.42 Å². The maximum atomic E-state index is 13.2. The summed E-state index contributed by atoms with van der Waals surface area (Å²) in [5.41, 5.74) is 2.30. The molecule has 0 spiro atoms. The number of hydrogen-bond donors (Lipinski definition) is 0. The molecule has 7 nitrogen and oxygen atoms in total. The summed E-state index contributed by atoms with van der Waals surface area (Å²) in [4.78, 5) is 26.4. The van der Waals surface area contributed by atoms with E-state index in [-0.39, 0.29) is 5.92 Å². The minimum Gasteiger partial charge on any atom is -0.422 e. The lowest BCUT2D eigenvalue weighted by Gasteiger charge is -2.39. The smallest absolute Gasteiger partial charge is 0.299 e. The molecule has 0 radical (unpaired) electrons. The van der Waals surface area contributed by atoms with E-state index in [0.29, 0.717) is 29.2 Å². The van der Waals surface area contributed by atoms with Gasteiger partial charge in [0.15, 0.2) is 5.58 Å². The fourth-order valence-electron chi connectivity index (χ4n) is 4.43. The van der Waals surface area contributed by atoms with Crippen molar-refractivity contribution in [2.45, 2.75) is 51.5 Å². The lowest BCUT2D eigenvalue weighted by molar-refractivity contribution is -0.140. The molecule has 0 N–H and O–H groups in total. The summed E-state index contributed by atoms with van der Waals surface area (Å²) in [6.07, 6.45) is 6.06. The summed E-state index contributed by atoms with van der Waals surface area (Å²) in [5, 5.41) is 0. The summed E-state index contributed by atoms with van der Waals surface area (Å²) in [5.74, 6) is 0.430. The molecule has 1 amide bonds. The van der Waals surface area contributed by atoms with Gasteiger partial charge in [0.1, 0.15) is 0 Å². The first kappa shape index (κ1) is 19.2. The molecule has 0 bridgehead atoms. The van der Waals surface area contributed by atoms with Crippen molar-refractivity contribution in [1.29, 1.82) is 0 Å². The van der Waals surface area contributed by atoms with E-state index in [9.17, 15) is 4.79 Å². The SMILES string of the molecule is COCCC1CCCCN1C(=O)C1CCN(c2nc3nc(C)ccc3o2)CC1. The molecule has 2 fully saturated rings. The number of nitrogens with zero attached hydrogens (tertiary/aromatic N) is 4. The predicted octanol–water partition coefficient (Wildman–Crippen LogP) is 3.17. The first-order valence-electron chi connectivity index (χ1n) is 10.4. The Morgan fingerprint density at radius 3 is 2.79 bits per heavy atom.